The van der Waals surface area contributed by atoms with Gasteiger partial charge in [-0.3, -0.25) is 9.59 Å². The number of carbonyl (C=O) groups is 3. The summed E-state index contributed by atoms with van der Waals surface area (Å²) in [6, 6.07) is 1.34. The van der Waals surface area contributed by atoms with Crippen LogP contribution in [0, 0.1) is 11.3 Å². The molecule has 1 aliphatic rings. The van der Waals surface area contributed by atoms with Gasteiger partial charge in [-0.05, 0) is 26.3 Å². The smallest absolute Gasteiger partial charge is 0.362 e. The van der Waals surface area contributed by atoms with E-state index in [1.165, 1.54) is 23.3 Å². The number of nitrogens with zero attached hydrogens (tertiary/aromatic N) is 4. The number of unbranched alkanes of at least 4 members (excludes halogenated alkanes) is 7. The zero-order valence-electron chi connectivity index (χ0n) is 22.7. The van der Waals surface area contributed by atoms with Crippen LogP contribution in [0.4, 0.5) is 9.52 Å². The van der Waals surface area contributed by atoms with E-state index < -0.39 is 18.2 Å². The molecule has 1 aromatic rings. The van der Waals surface area contributed by atoms with Gasteiger partial charge in [-0.25, -0.2) is 14.2 Å². The average molecular weight is 567 g/mol. The molecule has 13 heteroatoms. The van der Waals surface area contributed by atoms with Crippen LogP contribution in [0.25, 0.3) is 0 Å². The third-order valence-electron chi connectivity index (χ3n) is 6.15. The van der Waals surface area contributed by atoms with Gasteiger partial charge in [0.1, 0.15) is 25.0 Å². The Morgan fingerprint density at radius 3 is 2.56 bits per heavy atom. The first-order valence-electron chi connectivity index (χ1n) is 13.5. The van der Waals surface area contributed by atoms with Crippen LogP contribution in [-0.2, 0) is 24.0 Å². The lowest BCUT2D eigenvalue weighted by atomic mass is 10.1. The van der Waals surface area contributed by atoms with Gasteiger partial charge in [-0.15, -0.1) is 11.3 Å². The summed E-state index contributed by atoms with van der Waals surface area (Å²) in [6.07, 6.45) is 7.55. The second-order valence-electron chi connectivity index (χ2n) is 9.21. The number of hydrogen-bond donors (Lipinski definition) is 2. The summed E-state index contributed by atoms with van der Waals surface area (Å²) in [5.74, 6) is -0.982. The Hall–Kier alpha value is -3.11. The number of anilines is 1. The first kappa shape index (κ1) is 32.1. The zero-order valence-corrected chi connectivity index (χ0v) is 23.6. The molecule has 11 nitrogen and oxygen atoms in total. The monoisotopic (exact) mass is 566 g/mol. The maximum absolute atomic E-state index is 13.4. The third kappa shape index (κ3) is 11.7. The largest absolute Gasteiger partial charge is 0.461 e. The van der Waals surface area contributed by atoms with Gasteiger partial charge in [0, 0.05) is 18.2 Å². The molecule has 1 aromatic heterocycles. The molecule has 39 heavy (non-hydrogen) atoms. The quantitative estimate of drug-likeness (QED) is 0.119. The summed E-state index contributed by atoms with van der Waals surface area (Å²) >= 11 is 1.20. The van der Waals surface area contributed by atoms with Crippen molar-refractivity contribution in [2.75, 3.05) is 38.7 Å². The molecule has 0 spiro atoms. The molecule has 0 unspecified atom stereocenters. The van der Waals surface area contributed by atoms with Gasteiger partial charge >= 0.3 is 5.97 Å². The summed E-state index contributed by atoms with van der Waals surface area (Å²) in [7, 11) is 1.33. The van der Waals surface area contributed by atoms with E-state index in [4.69, 9.17) is 14.8 Å². The van der Waals surface area contributed by atoms with Gasteiger partial charge in [0.05, 0.1) is 25.8 Å². The molecule has 0 radical (unpaired) electrons. The van der Waals surface area contributed by atoms with Crippen molar-refractivity contribution < 1.29 is 28.3 Å². The lowest BCUT2D eigenvalue weighted by Gasteiger charge is -2.19. The molecule has 2 rings (SSSR count). The number of alkyl halides is 1. The number of nitrogens with one attached hydrogen (secondary N) is 2. The predicted molar refractivity (Wildman–Crippen MR) is 146 cm³/mol. The Balaban J connectivity index is 1.47. The number of esters is 1. The fourth-order valence-electron chi connectivity index (χ4n) is 4.18. The summed E-state index contributed by atoms with van der Waals surface area (Å²) in [6.45, 7) is 2.76. The number of thiazole rings is 1. The summed E-state index contributed by atoms with van der Waals surface area (Å²) in [5.41, 5.74) is 0.235. The van der Waals surface area contributed by atoms with Crippen LogP contribution in [0.3, 0.4) is 0 Å². The van der Waals surface area contributed by atoms with E-state index in [9.17, 15) is 18.8 Å². The lowest BCUT2D eigenvalue weighted by Crippen LogP contribution is -2.41. The van der Waals surface area contributed by atoms with Crippen molar-refractivity contribution in [2.45, 2.75) is 83.3 Å². The van der Waals surface area contributed by atoms with Crippen molar-refractivity contribution >= 4 is 40.0 Å². The Labute approximate surface area is 233 Å². The van der Waals surface area contributed by atoms with E-state index in [-0.39, 0.29) is 49.3 Å². The standard InChI is InChI=1S/C26H39FN6O5S/c1-3-38-25(36)24(32-37-2)21-18-39-26(30-21)31-22(34)12-10-8-6-4-5-7-9-11-13-29-16-23(35)33-17-19(27)14-20(33)15-28/h18-20,29H,3-14,16-17H2,1-2H3,(H,30,31,34)/b32-24+/t19-,20-/m0/s1. The van der Waals surface area contributed by atoms with Crippen molar-refractivity contribution in [3.05, 3.63) is 11.1 Å². The van der Waals surface area contributed by atoms with Crippen LogP contribution in [0.5, 0.6) is 0 Å². The highest BCUT2D eigenvalue weighted by Crippen LogP contribution is 2.20. The number of hydrogen-bond acceptors (Lipinski definition) is 10. The van der Waals surface area contributed by atoms with Gasteiger partial charge in [-0.1, -0.05) is 43.7 Å². The molecule has 2 amide bonds. The lowest BCUT2D eigenvalue weighted by molar-refractivity contribution is -0.135. The first-order valence-corrected chi connectivity index (χ1v) is 14.3. The molecule has 2 atom stereocenters. The van der Waals surface area contributed by atoms with E-state index in [2.05, 4.69) is 20.8 Å². The van der Waals surface area contributed by atoms with Gasteiger partial charge in [0.2, 0.25) is 17.5 Å². The van der Waals surface area contributed by atoms with Crippen LogP contribution in [0.1, 0.15) is 76.8 Å². The number of halogens is 1. The molecule has 1 saturated heterocycles. The molecule has 216 valence electrons. The number of ether oxygens (including phenoxy) is 1. The van der Waals surface area contributed by atoms with Crippen LogP contribution in [0.15, 0.2) is 10.5 Å². The summed E-state index contributed by atoms with van der Waals surface area (Å²) in [4.78, 5) is 46.6. The van der Waals surface area contributed by atoms with E-state index in [1.807, 2.05) is 6.07 Å². The average Bonchev–Trinajstić information content (AvgIpc) is 3.53. The van der Waals surface area contributed by atoms with Gasteiger partial charge in [0.15, 0.2) is 5.13 Å². The molecule has 0 saturated carbocycles. The molecule has 0 aromatic carbocycles. The first-order chi connectivity index (χ1) is 18.9. The summed E-state index contributed by atoms with van der Waals surface area (Å²) in [5, 5.41) is 20.6. The van der Waals surface area contributed by atoms with Gasteiger partial charge < -0.3 is 25.1 Å². The molecule has 2 heterocycles. The maximum atomic E-state index is 13.4. The SMILES string of the molecule is CCOC(=O)/C(=N/OC)c1csc(NC(=O)CCCCCCCCCCNCC(=O)N2C[C@@H](F)C[C@H]2C#N)n1. The number of likely N-dealkylation sites (tertiary alicyclic amines) is 1. The fraction of sp³-hybridized carbons (Fsp3) is 0.692. The highest BCUT2D eigenvalue weighted by atomic mass is 32.1. The number of oxime groups is 1. The number of nitriles is 1. The Bertz CT molecular complexity index is 998. The van der Waals surface area contributed by atoms with Crippen LogP contribution in [0.2, 0.25) is 0 Å². The minimum atomic E-state index is -1.11. The van der Waals surface area contributed by atoms with E-state index >= 15 is 0 Å². The van der Waals surface area contributed by atoms with E-state index in [0.717, 1.165) is 57.9 Å². The maximum Gasteiger partial charge on any atom is 0.362 e. The van der Waals surface area contributed by atoms with Crippen molar-refractivity contribution in [3.8, 4) is 6.07 Å². The van der Waals surface area contributed by atoms with Crippen LogP contribution < -0.4 is 10.6 Å². The van der Waals surface area contributed by atoms with Crippen molar-refractivity contribution in [1.82, 2.24) is 15.2 Å². The molecular weight excluding hydrogens is 527 g/mol. The zero-order chi connectivity index (χ0) is 28.5. The Morgan fingerprint density at radius 2 is 1.90 bits per heavy atom. The van der Waals surface area contributed by atoms with Crippen LogP contribution in [-0.4, -0.2) is 78.9 Å². The van der Waals surface area contributed by atoms with Crippen molar-refractivity contribution in [3.63, 3.8) is 0 Å². The Kier molecular flexibility index (Phi) is 15.0. The van der Waals surface area contributed by atoms with Crippen molar-refractivity contribution in [2.24, 2.45) is 5.16 Å². The number of aromatic nitrogens is 1. The minimum Gasteiger partial charge on any atom is -0.461 e. The van der Waals surface area contributed by atoms with Gasteiger partial charge in [0.25, 0.3) is 0 Å². The van der Waals surface area contributed by atoms with E-state index in [1.54, 1.807) is 12.3 Å². The number of carbonyl (C=O) groups excluding carboxylic acids is 3. The third-order valence-corrected chi connectivity index (χ3v) is 6.91. The fourth-order valence-corrected chi connectivity index (χ4v) is 4.89. The molecule has 2 N–H and O–H groups in total. The number of rotatable bonds is 18. The highest BCUT2D eigenvalue weighted by Gasteiger charge is 2.34. The minimum absolute atomic E-state index is 0.0143. The number of amides is 2. The normalized spacial score (nSPS) is 17.1. The predicted octanol–water partition coefficient (Wildman–Crippen LogP) is 3.56. The second-order valence-corrected chi connectivity index (χ2v) is 10.1. The molecular formula is C26H39FN6O5S. The Morgan fingerprint density at radius 1 is 1.21 bits per heavy atom. The molecule has 1 aliphatic heterocycles. The molecule has 0 aliphatic carbocycles. The van der Waals surface area contributed by atoms with Crippen LogP contribution >= 0.6 is 11.3 Å². The molecule has 0 bridgehead atoms. The topological polar surface area (TPSA) is 146 Å². The van der Waals surface area contributed by atoms with Gasteiger partial charge in [-0.2, -0.15) is 5.26 Å². The van der Waals surface area contributed by atoms with E-state index in [0.29, 0.717) is 11.6 Å². The second kappa shape index (κ2) is 18.2. The van der Waals surface area contributed by atoms with Crippen molar-refractivity contribution in [1.29, 1.82) is 5.26 Å². The summed E-state index contributed by atoms with van der Waals surface area (Å²) < 4.78 is 18.4. The highest BCUT2D eigenvalue weighted by molar-refractivity contribution is 7.14. The molecule has 1 fully saturated rings.